The molecule has 0 saturated carbocycles. The van der Waals surface area contributed by atoms with Crippen LogP contribution in [0.15, 0.2) is 24.3 Å². The SMILES string of the molecule is CC(c1ccc(-c2nc(C(=O)O)nn2C)cc1)N(C)C. The first kappa shape index (κ1) is 14.2. The van der Waals surface area contributed by atoms with Crippen LogP contribution in [0.3, 0.4) is 0 Å². The monoisotopic (exact) mass is 274 g/mol. The minimum atomic E-state index is -1.12. The van der Waals surface area contributed by atoms with Gasteiger partial charge in [-0.15, -0.1) is 5.10 Å². The normalized spacial score (nSPS) is 12.7. The van der Waals surface area contributed by atoms with Gasteiger partial charge in [0.15, 0.2) is 5.82 Å². The van der Waals surface area contributed by atoms with Crippen LogP contribution in [0, 0.1) is 0 Å². The summed E-state index contributed by atoms with van der Waals surface area (Å²) in [6.07, 6.45) is 0. The maximum absolute atomic E-state index is 10.9. The fraction of sp³-hybridized carbons (Fsp3) is 0.357. The van der Waals surface area contributed by atoms with Crippen LogP contribution in [0.4, 0.5) is 0 Å². The molecule has 0 bridgehead atoms. The molecular formula is C14H18N4O2. The fourth-order valence-corrected chi connectivity index (χ4v) is 1.94. The van der Waals surface area contributed by atoms with Crippen molar-refractivity contribution in [1.82, 2.24) is 19.7 Å². The van der Waals surface area contributed by atoms with Crippen LogP contribution in [0.2, 0.25) is 0 Å². The van der Waals surface area contributed by atoms with Crippen molar-refractivity contribution in [3.63, 3.8) is 0 Å². The van der Waals surface area contributed by atoms with Gasteiger partial charge in [0, 0.05) is 18.7 Å². The summed E-state index contributed by atoms with van der Waals surface area (Å²) in [7, 11) is 5.74. The number of hydrogen-bond acceptors (Lipinski definition) is 4. The van der Waals surface area contributed by atoms with Gasteiger partial charge in [-0.05, 0) is 26.6 Å². The van der Waals surface area contributed by atoms with Gasteiger partial charge in [-0.25, -0.2) is 14.5 Å². The molecule has 2 aromatic rings. The van der Waals surface area contributed by atoms with Crippen molar-refractivity contribution < 1.29 is 9.90 Å². The average molecular weight is 274 g/mol. The zero-order valence-electron chi connectivity index (χ0n) is 12.0. The standard InChI is InChI=1S/C14H18N4O2/c1-9(17(2)3)10-5-7-11(8-6-10)13-15-12(14(19)20)16-18(13)4/h5-9H,1-4H3,(H,19,20). The molecule has 0 aliphatic rings. The largest absolute Gasteiger partial charge is 0.475 e. The summed E-state index contributed by atoms with van der Waals surface area (Å²) in [5.74, 6) is -0.760. The quantitative estimate of drug-likeness (QED) is 0.920. The van der Waals surface area contributed by atoms with Gasteiger partial charge >= 0.3 is 5.97 Å². The molecule has 1 aromatic heterocycles. The molecule has 6 nitrogen and oxygen atoms in total. The number of aromatic carboxylic acids is 1. The van der Waals surface area contributed by atoms with Gasteiger partial charge in [0.05, 0.1) is 0 Å². The predicted molar refractivity (Wildman–Crippen MR) is 75.5 cm³/mol. The molecule has 6 heteroatoms. The molecule has 0 amide bonds. The molecule has 1 heterocycles. The third kappa shape index (κ3) is 2.70. The minimum absolute atomic E-state index is 0.187. The van der Waals surface area contributed by atoms with Crippen LogP contribution in [0.5, 0.6) is 0 Å². The van der Waals surface area contributed by atoms with E-state index >= 15 is 0 Å². The third-order valence-corrected chi connectivity index (χ3v) is 3.38. The predicted octanol–water partition coefficient (Wildman–Crippen LogP) is 1.80. The van der Waals surface area contributed by atoms with Crippen LogP contribution >= 0.6 is 0 Å². The summed E-state index contributed by atoms with van der Waals surface area (Å²) in [6.45, 7) is 2.12. The summed E-state index contributed by atoms with van der Waals surface area (Å²) in [4.78, 5) is 17.0. The Morgan fingerprint density at radius 1 is 1.30 bits per heavy atom. The highest BCUT2D eigenvalue weighted by molar-refractivity contribution is 5.83. The highest BCUT2D eigenvalue weighted by Gasteiger charge is 2.15. The lowest BCUT2D eigenvalue weighted by Crippen LogP contribution is -2.16. The molecule has 0 fully saturated rings. The van der Waals surface area contributed by atoms with Crippen molar-refractivity contribution in [2.75, 3.05) is 14.1 Å². The second kappa shape index (κ2) is 5.42. The molecule has 2 rings (SSSR count). The summed E-state index contributed by atoms with van der Waals surface area (Å²) in [6, 6.07) is 8.23. The summed E-state index contributed by atoms with van der Waals surface area (Å²) < 4.78 is 1.48. The van der Waals surface area contributed by atoms with Crippen molar-refractivity contribution in [3.8, 4) is 11.4 Å². The Hall–Kier alpha value is -2.21. The minimum Gasteiger partial charge on any atom is -0.475 e. The Morgan fingerprint density at radius 3 is 2.35 bits per heavy atom. The number of hydrogen-bond donors (Lipinski definition) is 1. The summed E-state index contributed by atoms with van der Waals surface area (Å²) >= 11 is 0. The number of nitrogens with zero attached hydrogens (tertiary/aromatic N) is 4. The van der Waals surface area contributed by atoms with E-state index in [9.17, 15) is 4.79 Å². The van der Waals surface area contributed by atoms with E-state index in [2.05, 4.69) is 21.9 Å². The molecule has 20 heavy (non-hydrogen) atoms. The number of carboxylic acids is 1. The van der Waals surface area contributed by atoms with Crippen LogP contribution in [-0.4, -0.2) is 44.8 Å². The number of rotatable bonds is 4. The molecule has 0 aliphatic heterocycles. The highest BCUT2D eigenvalue weighted by Crippen LogP contribution is 2.22. The molecule has 0 spiro atoms. The first-order chi connectivity index (χ1) is 9.40. The van der Waals surface area contributed by atoms with Crippen LogP contribution in [0.1, 0.15) is 29.1 Å². The van der Waals surface area contributed by atoms with Crippen molar-refractivity contribution in [2.45, 2.75) is 13.0 Å². The Bertz CT molecular complexity index is 617. The fourth-order valence-electron chi connectivity index (χ4n) is 1.94. The van der Waals surface area contributed by atoms with Crippen molar-refractivity contribution in [1.29, 1.82) is 0 Å². The zero-order chi connectivity index (χ0) is 14.9. The zero-order valence-corrected chi connectivity index (χ0v) is 12.0. The van der Waals surface area contributed by atoms with Gasteiger partial charge in [-0.1, -0.05) is 24.3 Å². The Morgan fingerprint density at radius 2 is 1.90 bits per heavy atom. The van der Waals surface area contributed by atoms with Crippen molar-refractivity contribution in [2.24, 2.45) is 7.05 Å². The Labute approximate surface area is 117 Å². The van der Waals surface area contributed by atoms with E-state index in [1.807, 2.05) is 38.4 Å². The van der Waals surface area contributed by atoms with E-state index in [0.29, 0.717) is 11.9 Å². The molecule has 0 aliphatic carbocycles. The molecule has 0 radical (unpaired) electrons. The molecule has 1 N–H and O–H groups in total. The van der Waals surface area contributed by atoms with E-state index in [-0.39, 0.29) is 5.82 Å². The number of benzene rings is 1. The van der Waals surface area contributed by atoms with E-state index in [1.165, 1.54) is 10.2 Å². The lowest BCUT2D eigenvalue weighted by atomic mass is 10.1. The van der Waals surface area contributed by atoms with Crippen molar-refractivity contribution in [3.05, 3.63) is 35.7 Å². The lowest BCUT2D eigenvalue weighted by molar-refractivity contribution is 0.0683. The van der Waals surface area contributed by atoms with Gasteiger partial charge in [-0.3, -0.25) is 0 Å². The van der Waals surface area contributed by atoms with E-state index in [0.717, 1.165) is 5.56 Å². The maximum atomic E-state index is 10.9. The molecule has 106 valence electrons. The summed E-state index contributed by atoms with van der Waals surface area (Å²) in [5, 5.41) is 12.8. The second-order valence-corrected chi connectivity index (χ2v) is 4.95. The van der Waals surface area contributed by atoms with Gasteiger partial charge in [0.1, 0.15) is 0 Å². The number of aryl methyl sites for hydroxylation is 1. The van der Waals surface area contributed by atoms with E-state index in [4.69, 9.17) is 5.11 Å². The van der Waals surface area contributed by atoms with Gasteiger partial charge < -0.3 is 10.0 Å². The van der Waals surface area contributed by atoms with Gasteiger partial charge in [0.25, 0.3) is 5.82 Å². The summed E-state index contributed by atoms with van der Waals surface area (Å²) in [5.41, 5.74) is 2.04. The molecule has 0 saturated heterocycles. The highest BCUT2D eigenvalue weighted by atomic mass is 16.4. The van der Waals surface area contributed by atoms with Crippen molar-refractivity contribution >= 4 is 5.97 Å². The molecule has 1 unspecified atom stereocenters. The maximum Gasteiger partial charge on any atom is 0.375 e. The third-order valence-electron chi connectivity index (χ3n) is 3.38. The van der Waals surface area contributed by atoms with E-state index in [1.54, 1.807) is 7.05 Å². The van der Waals surface area contributed by atoms with Gasteiger partial charge in [-0.2, -0.15) is 0 Å². The first-order valence-corrected chi connectivity index (χ1v) is 6.31. The Balaban J connectivity index is 2.33. The first-order valence-electron chi connectivity index (χ1n) is 6.31. The second-order valence-electron chi connectivity index (χ2n) is 4.95. The smallest absolute Gasteiger partial charge is 0.375 e. The number of carboxylic acid groups (broad SMARTS) is 1. The molecule has 1 atom stereocenters. The molecule has 1 aromatic carbocycles. The molecular weight excluding hydrogens is 256 g/mol. The lowest BCUT2D eigenvalue weighted by Gasteiger charge is -2.20. The van der Waals surface area contributed by atoms with Crippen LogP contribution in [0.25, 0.3) is 11.4 Å². The van der Waals surface area contributed by atoms with E-state index < -0.39 is 5.97 Å². The van der Waals surface area contributed by atoms with Gasteiger partial charge in [0.2, 0.25) is 0 Å². The number of aromatic nitrogens is 3. The topological polar surface area (TPSA) is 71.2 Å². The number of carbonyl (C=O) groups is 1. The Kier molecular flexibility index (Phi) is 3.85. The van der Waals surface area contributed by atoms with Crippen LogP contribution < -0.4 is 0 Å². The van der Waals surface area contributed by atoms with Crippen LogP contribution in [-0.2, 0) is 7.05 Å². The average Bonchev–Trinajstić information content (AvgIpc) is 2.80.